The first-order chi connectivity index (χ1) is 5.34. The molecule has 0 spiro atoms. The molecule has 1 aliphatic carbocycles. The van der Waals surface area contributed by atoms with Crippen molar-refractivity contribution in [3.63, 3.8) is 0 Å². The molecule has 0 radical (unpaired) electrons. The van der Waals surface area contributed by atoms with Gasteiger partial charge in [-0.15, -0.1) is 0 Å². The van der Waals surface area contributed by atoms with Crippen LogP contribution in [0.4, 0.5) is 0 Å². The highest BCUT2D eigenvalue weighted by atomic mass is 14.3. The van der Waals surface area contributed by atoms with E-state index in [1.54, 1.807) is 0 Å². The second-order valence-electron chi connectivity index (χ2n) is 3.83. The first-order valence-corrected chi connectivity index (χ1v) is 4.95. The molecule has 0 bridgehead atoms. The van der Waals surface area contributed by atoms with Gasteiger partial charge in [0.25, 0.3) is 0 Å². The fraction of sp³-hybridized carbons (Fsp3) is 0.818. The van der Waals surface area contributed by atoms with Crippen LogP contribution < -0.4 is 0 Å². The Hall–Kier alpha value is -0.260. The fourth-order valence-corrected chi connectivity index (χ4v) is 2.07. The third-order valence-electron chi connectivity index (χ3n) is 2.95. The summed E-state index contributed by atoms with van der Waals surface area (Å²) in [4.78, 5) is 0. The van der Waals surface area contributed by atoms with E-state index in [-0.39, 0.29) is 0 Å². The van der Waals surface area contributed by atoms with E-state index < -0.39 is 0 Å². The number of hydrogen-bond donors (Lipinski definition) is 0. The molecule has 0 aromatic carbocycles. The van der Waals surface area contributed by atoms with Crippen LogP contribution in [0.3, 0.4) is 0 Å². The Kier molecular flexibility index (Phi) is 3.68. The van der Waals surface area contributed by atoms with E-state index in [1.165, 1.54) is 32.1 Å². The Morgan fingerprint density at radius 3 is 2.55 bits per heavy atom. The van der Waals surface area contributed by atoms with Crippen LogP contribution in [0.1, 0.15) is 46.0 Å². The second kappa shape index (κ2) is 4.58. The van der Waals surface area contributed by atoms with Gasteiger partial charge < -0.3 is 0 Å². The summed E-state index contributed by atoms with van der Waals surface area (Å²) in [5.41, 5.74) is 0. The quantitative estimate of drug-likeness (QED) is 0.540. The molecule has 1 fully saturated rings. The third kappa shape index (κ3) is 2.69. The van der Waals surface area contributed by atoms with Gasteiger partial charge in [-0.3, -0.25) is 0 Å². The molecule has 0 nitrogen and oxygen atoms in total. The van der Waals surface area contributed by atoms with Crippen LogP contribution >= 0.6 is 0 Å². The molecular formula is C11H20. The van der Waals surface area contributed by atoms with Crippen LogP contribution in [0, 0.1) is 11.8 Å². The third-order valence-corrected chi connectivity index (χ3v) is 2.95. The Labute approximate surface area is 70.7 Å². The maximum absolute atomic E-state index is 2.40. The van der Waals surface area contributed by atoms with Crippen LogP contribution in [-0.4, -0.2) is 0 Å². The number of hydrogen-bond acceptors (Lipinski definition) is 0. The molecule has 1 saturated carbocycles. The summed E-state index contributed by atoms with van der Waals surface area (Å²) < 4.78 is 0. The zero-order valence-electron chi connectivity index (χ0n) is 7.84. The summed E-state index contributed by atoms with van der Waals surface area (Å²) in [7, 11) is 0. The second-order valence-corrected chi connectivity index (χ2v) is 3.83. The summed E-state index contributed by atoms with van der Waals surface area (Å²) in [6.45, 7) is 4.51. The normalized spacial score (nSPS) is 23.1. The van der Waals surface area contributed by atoms with E-state index in [0.29, 0.717) is 0 Å². The molecule has 1 aliphatic rings. The lowest BCUT2D eigenvalue weighted by Gasteiger charge is -2.16. The lowest BCUT2D eigenvalue weighted by atomic mass is 9.90. The van der Waals surface area contributed by atoms with Crippen LogP contribution in [-0.2, 0) is 0 Å². The van der Waals surface area contributed by atoms with Gasteiger partial charge in [-0.2, -0.15) is 0 Å². The van der Waals surface area contributed by atoms with Gasteiger partial charge in [-0.1, -0.05) is 44.8 Å². The minimum atomic E-state index is 0.925. The van der Waals surface area contributed by atoms with Crippen molar-refractivity contribution >= 4 is 0 Å². The van der Waals surface area contributed by atoms with Gasteiger partial charge in [-0.05, 0) is 25.2 Å². The molecule has 1 atom stereocenters. The molecule has 0 heteroatoms. The van der Waals surface area contributed by atoms with Gasteiger partial charge in [-0.25, -0.2) is 0 Å². The SMILES string of the molecule is CC=CCC(C)C1CCCC1. The van der Waals surface area contributed by atoms with Crippen LogP contribution in [0.25, 0.3) is 0 Å². The average molecular weight is 152 g/mol. The Morgan fingerprint density at radius 1 is 1.36 bits per heavy atom. The van der Waals surface area contributed by atoms with Crippen LogP contribution in [0.5, 0.6) is 0 Å². The van der Waals surface area contributed by atoms with Crippen LogP contribution in [0.2, 0.25) is 0 Å². The van der Waals surface area contributed by atoms with E-state index in [2.05, 4.69) is 26.0 Å². The van der Waals surface area contributed by atoms with Gasteiger partial charge in [0, 0.05) is 0 Å². The van der Waals surface area contributed by atoms with E-state index in [0.717, 1.165) is 11.8 Å². The zero-order chi connectivity index (χ0) is 8.10. The van der Waals surface area contributed by atoms with Crippen molar-refractivity contribution in [1.29, 1.82) is 0 Å². The lowest BCUT2D eigenvalue weighted by Crippen LogP contribution is -2.05. The Bertz CT molecular complexity index is 118. The average Bonchev–Trinajstić information content (AvgIpc) is 2.52. The van der Waals surface area contributed by atoms with Crippen LogP contribution in [0.15, 0.2) is 12.2 Å². The van der Waals surface area contributed by atoms with Crippen molar-refractivity contribution in [2.24, 2.45) is 11.8 Å². The molecule has 0 aliphatic heterocycles. The minimum absolute atomic E-state index is 0.925. The molecule has 64 valence electrons. The highest BCUT2D eigenvalue weighted by Crippen LogP contribution is 2.32. The highest BCUT2D eigenvalue weighted by Gasteiger charge is 2.19. The first kappa shape index (κ1) is 8.83. The van der Waals surface area contributed by atoms with Crippen molar-refractivity contribution < 1.29 is 0 Å². The fourth-order valence-electron chi connectivity index (χ4n) is 2.07. The molecule has 1 unspecified atom stereocenters. The molecule has 0 N–H and O–H groups in total. The van der Waals surface area contributed by atoms with Gasteiger partial charge in [0.05, 0.1) is 0 Å². The van der Waals surface area contributed by atoms with Gasteiger partial charge in [0.1, 0.15) is 0 Å². The van der Waals surface area contributed by atoms with E-state index in [4.69, 9.17) is 0 Å². The van der Waals surface area contributed by atoms with E-state index in [1.807, 2.05) is 0 Å². The largest absolute Gasteiger partial charge is 0.0917 e. The summed E-state index contributed by atoms with van der Waals surface area (Å²) >= 11 is 0. The topological polar surface area (TPSA) is 0 Å². The molecule has 0 heterocycles. The molecule has 0 aromatic rings. The van der Waals surface area contributed by atoms with Crippen molar-refractivity contribution in [3.05, 3.63) is 12.2 Å². The highest BCUT2D eigenvalue weighted by molar-refractivity contribution is 4.83. The Balaban J connectivity index is 2.22. The molecular weight excluding hydrogens is 132 g/mol. The minimum Gasteiger partial charge on any atom is -0.0917 e. The van der Waals surface area contributed by atoms with Gasteiger partial charge in [0.15, 0.2) is 0 Å². The standard InChI is InChI=1S/C11H20/c1-3-4-7-10(2)11-8-5-6-9-11/h3-4,10-11H,5-9H2,1-2H3. The smallest absolute Gasteiger partial charge is 0.0322 e. The summed E-state index contributed by atoms with van der Waals surface area (Å²) in [6, 6.07) is 0. The molecule has 11 heavy (non-hydrogen) atoms. The van der Waals surface area contributed by atoms with Crippen molar-refractivity contribution in [2.75, 3.05) is 0 Å². The maximum Gasteiger partial charge on any atom is -0.0322 e. The van der Waals surface area contributed by atoms with E-state index >= 15 is 0 Å². The zero-order valence-corrected chi connectivity index (χ0v) is 7.84. The van der Waals surface area contributed by atoms with Gasteiger partial charge >= 0.3 is 0 Å². The Morgan fingerprint density at radius 2 is 2.00 bits per heavy atom. The van der Waals surface area contributed by atoms with Crippen molar-refractivity contribution in [2.45, 2.75) is 46.0 Å². The monoisotopic (exact) mass is 152 g/mol. The molecule has 0 saturated heterocycles. The molecule has 1 rings (SSSR count). The predicted molar refractivity (Wildman–Crippen MR) is 50.6 cm³/mol. The van der Waals surface area contributed by atoms with Crippen molar-refractivity contribution in [3.8, 4) is 0 Å². The molecule has 0 aromatic heterocycles. The van der Waals surface area contributed by atoms with E-state index in [9.17, 15) is 0 Å². The first-order valence-electron chi connectivity index (χ1n) is 4.95. The maximum atomic E-state index is 2.40. The predicted octanol–water partition coefficient (Wildman–Crippen LogP) is 3.78. The summed E-state index contributed by atoms with van der Waals surface area (Å²) in [5.74, 6) is 1.96. The summed E-state index contributed by atoms with van der Waals surface area (Å²) in [6.07, 6.45) is 11.7. The lowest BCUT2D eigenvalue weighted by molar-refractivity contribution is 0.370. The van der Waals surface area contributed by atoms with Crippen molar-refractivity contribution in [1.82, 2.24) is 0 Å². The number of allylic oxidation sites excluding steroid dienone is 2. The molecule has 0 amide bonds. The van der Waals surface area contributed by atoms with Gasteiger partial charge in [0.2, 0.25) is 0 Å². The summed E-state index contributed by atoms with van der Waals surface area (Å²) in [5, 5.41) is 0. The number of rotatable bonds is 3.